The fraction of sp³-hybridized carbons (Fsp3) is 0.625. The Balaban J connectivity index is 2.69. The van der Waals surface area contributed by atoms with Gasteiger partial charge in [0.05, 0.1) is 0 Å². The second-order valence-electron chi connectivity index (χ2n) is 5.27. The highest BCUT2D eigenvalue weighted by molar-refractivity contribution is 5.50. The molecular weight excluding hydrogens is 220 g/mol. The van der Waals surface area contributed by atoms with Crippen LogP contribution < -0.4 is 10.2 Å². The molecule has 0 fully saturated rings. The van der Waals surface area contributed by atoms with E-state index in [0.29, 0.717) is 6.04 Å². The summed E-state index contributed by atoms with van der Waals surface area (Å²) in [5, 5.41) is 3.57. The van der Waals surface area contributed by atoms with Crippen LogP contribution in [0.1, 0.15) is 37.8 Å². The maximum absolute atomic E-state index is 3.57. The van der Waals surface area contributed by atoms with Gasteiger partial charge in [-0.3, -0.25) is 0 Å². The van der Waals surface area contributed by atoms with Crippen LogP contribution in [0.15, 0.2) is 18.2 Å². The molecule has 0 radical (unpaired) electrons. The van der Waals surface area contributed by atoms with Gasteiger partial charge < -0.3 is 10.2 Å². The Hall–Kier alpha value is -1.02. The van der Waals surface area contributed by atoms with Gasteiger partial charge in [0, 0.05) is 25.3 Å². The van der Waals surface area contributed by atoms with Crippen molar-refractivity contribution in [3.63, 3.8) is 0 Å². The highest BCUT2D eigenvalue weighted by Crippen LogP contribution is 2.18. The van der Waals surface area contributed by atoms with Crippen molar-refractivity contribution in [1.29, 1.82) is 0 Å². The molecule has 102 valence electrons. The van der Waals surface area contributed by atoms with E-state index in [2.05, 4.69) is 63.2 Å². The van der Waals surface area contributed by atoms with Crippen molar-refractivity contribution < 1.29 is 0 Å². The molecule has 0 amide bonds. The summed E-state index contributed by atoms with van der Waals surface area (Å²) in [4.78, 5) is 2.36. The molecule has 1 aromatic carbocycles. The number of hydrogen-bond donors (Lipinski definition) is 1. The fourth-order valence-corrected chi connectivity index (χ4v) is 2.50. The standard InChI is InChI=1S/C16H28N2/c1-6-8-15(17-7-2)12-18(5)16-10-13(3)9-14(4)11-16/h9-11,15,17H,6-8,12H2,1-5H3. The van der Waals surface area contributed by atoms with Crippen LogP contribution >= 0.6 is 0 Å². The number of anilines is 1. The molecule has 0 spiro atoms. The van der Waals surface area contributed by atoms with Gasteiger partial charge in [-0.1, -0.05) is 26.3 Å². The Morgan fingerprint density at radius 3 is 2.22 bits per heavy atom. The lowest BCUT2D eigenvalue weighted by Crippen LogP contribution is -2.39. The van der Waals surface area contributed by atoms with E-state index in [-0.39, 0.29) is 0 Å². The molecule has 0 saturated heterocycles. The zero-order valence-electron chi connectivity index (χ0n) is 12.6. The third-order valence-corrected chi connectivity index (χ3v) is 3.27. The molecule has 1 atom stereocenters. The maximum atomic E-state index is 3.57. The predicted octanol–water partition coefficient (Wildman–Crippen LogP) is 3.52. The lowest BCUT2D eigenvalue weighted by atomic mass is 10.1. The number of benzene rings is 1. The molecule has 18 heavy (non-hydrogen) atoms. The molecule has 1 aromatic rings. The molecule has 0 aromatic heterocycles. The van der Waals surface area contributed by atoms with Crippen LogP contribution in [0, 0.1) is 13.8 Å². The highest BCUT2D eigenvalue weighted by Gasteiger charge is 2.10. The first kappa shape index (κ1) is 15.0. The largest absolute Gasteiger partial charge is 0.373 e. The summed E-state index contributed by atoms with van der Waals surface area (Å²) >= 11 is 0. The Kier molecular flexibility index (Phi) is 6.20. The first-order valence-electron chi connectivity index (χ1n) is 7.09. The smallest absolute Gasteiger partial charge is 0.0369 e. The van der Waals surface area contributed by atoms with Crippen molar-refractivity contribution in [3.05, 3.63) is 29.3 Å². The minimum atomic E-state index is 0.589. The number of rotatable bonds is 7. The summed E-state index contributed by atoms with van der Waals surface area (Å²) in [7, 11) is 2.19. The van der Waals surface area contributed by atoms with E-state index in [9.17, 15) is 0 Å². The normalized spacial score (nSPS) is 12.5. The molecule has 0 saturated carbocycles. The van der Waals surface area contributed by atoms with E-state index < -0.39 is 0 Å². The van der Waals surface area contributed by atoms with E-state index in [1.165, 1.54) is 29.7 Å². The third-order valence-electron chi connectivity index (χ3n) is 3.27. The average Bonchev–Trinajstić information content (AvgIpc) is 2.28. The van der Waals surface area contributed by atoms with Crippen LogP contribution in [-0.2, 0) is 0 Å². The SMILES string of the molecule is CCCC(CN(C)c1cc(C)cc(C)c1)NCC. The van der Waals surface area contributed by atoms with Crippen LogP contribution in [0.5, 0.6) is 0 Å². The van der Waals surface area contributed by atoms with Gasteiger partial charge in [0.2, 0.25) is 0 Å². The molecule has 1 rings (SSSR count). The molecular formula is C16H28N2. The van der Waals surface area contributed by atoms with E-state index in [1.54, 1.807) is 0 Å². The molecule has 0 aliphatic rings. The van der Waals surface area contributed by atoms with Crippen molar-refractivity contribution in [3.8, 4) is 0 Å². The second kappa shape index (κ2) is 7.42. The van der Waals surface area contributed by atoms with Crippen LogP contribution in [-0.4, -0.2) is 26.2 Å². The minimum Gasteiger partial charge on any atom is -0.373 e. The molecule has 0 aliphatic carbocycles. The molecule has 0 heterocycles. The number of aryl methyl sites for hydroxylation is 2. The summed E-state index contributed by atoms with van der Waals surface area (Å²) in [5.41, 5.74) is 4.01. The first-order valence-corrected chi connectivity index (χ1v) is 7.09. The van der Waals surface area contributed by atoms with Crippen molar-refractivity contribution in [2.24, 2.45) is 0 Å². The Labute approximate surface area is 112 Å². The number of nitrogens with zero attached hydrogens (tertiary/aromatic N) is 1. The van der Waals surface area contributed by atoms with E-state index in [4.69, 9.17) is 0 Å². The van der Waals surface area contributed by atoms with Crippen LogP contribution in [0.2, 0.25) is 0 Å². The topological polar surface area (TPSA) is 15.3 Å². The van der Waals surface area contributed by atoms with Gasteiger partial charge in [-0.05, 0) is 50.1 Å². The van der Waals surface area contributed by atoms with Crippen LogP contribution in [0.25, 0.3) is 0 Å². The third kappa shape index (κ3) is 4.69. The molecule has 0 aliphatic heterocycles. The summed E-state index contributed by atoms with van der Waals surface area (Å²) in [5.74, 6) is 0. The summed E-state index contributed by atoms with van der Waals surface area (Å²) < 4.78 is 0. The van der Waals surface area contributed by atoms with Crippen LogP contribution in [0.4, 0.5) is 5.69 Å². The predicted molar refractivity (Wildman–Crippen MR) is 81.6 cm³/mol. The molecule has 2 heteroatoms. The highest BCUT2D eigenvalue weighted by atomic mass is 15.1. The number of nitrogens with one attached hydrogen (secondary N) is 1. The van der Waals surface area contributed by atoms with Gasteiger partial charge in [0.1, 0.15) is 0 Å². The zero-order valence-corrected chi connectivity index (χ0v) is 12.6. The zero-order chi connectivity index (χ0) is 13.5. The Morgan fingerprint density at radius 1 is 1.11 bits per heavy atom. The first-order chi connectivity index (χ1) is 8.56. The second-order valence-corrected chi connectivity index (χ2v) is 5.27. The lowest BCUT2D eigenvalue weighted by Gasteiger charge is -2.26. The van der Waals surface area contributed by atoms with Gasteiger partial charge in [-0.15, -0.1) is 0 Å². The summed E-state index contributed by atoms with van der Waals surface area (Å²) in [6, 6.07) is 7.35. The van der Waals surface area contributed by atoms with Gasteiger partial charge >= 0.3 is 0 Å². The Bertz CT molecular complexity index is 334. The fourth-order valence-electron chi connectivity index (χ4n) is 2.50. The summed E-state index contributed by atoms with van der Waals surface area (Å²) in [6.45, 7) is 10.9. The Morgan fingerprint density at radius 2 is 1.72 bits per heavy atom. The molecule has 1 unspecified atom stereocenters. The van der Waals surface area contributed by atoms with Crippen molar-refractivity contribution in [2.75, 3.05) is 25.0 Å². The van der Waals surface area contributed by atoms with Crippen LogP contribution in [0.3, 0.4) is 0 Å². The molecule has 2 nitrogen and oxygen atoms in total. The van der Waals surface area contributed by atoms with Gasteiger partial charge in [0.25, 0.3) is 0 Å². The summed E-state index contributed by atoms with van der Waals surface area (Å²) in [6.07, 6.45) is 2.47. The average molecular weight is 248 g/mol. The molecule has 0 bridgehead atoms. The van der Waals surface area contributed by atoms with Crippen molar-refractivity contribution >= 4 is 5.69 Å². The van der Waals surface area contributed by atoms with E-state index >= 15 is 0 Å². The van der Waals surface area contributed by atoms with Gasteiger partial charge in [-0.25, -0.2) is 0 Å². The van der Waals surface area contributed by atoms with Crippen molar-refractivity contribution in [2.45, 2.75) is 46.6 Å². The lowest BCUT2D eigenvalue weighted by molar-refractivity contribution is 0.488. The van der Waals surface area contributed by atoms with Crippen molar-refractivity contribution in [1.82, 2.24) is 5.32 Å². The number of likely N-dealkylation sites (N-methyl/N-ethyl adjacent to an activating group) is 2. The van der Waals surface area contributed by atoms with E-state index in [1.807, 2.05) is 0 Å². The maximum Gasteiger partial charge on any atom is 0.0369 e. The molecule has 1 N–H and O–H groups in total. The number of hydrogen-bond acceptors (Lipinski definition) is 2. The van der Waals surface area contributed by atoms with Gasteiger partial charge in [-0.2, -0.15) is 0 Å². The quantitative estimate of drug-likeness (QED) is 0.794. The minimum absolute atomic E-state index is 0.589. The van der Waals surface area contributed by atoms with E-state index in [0.717, 1.165) is 13.1 Å². The monoisotopic (exact) mass is 248 g/mol. The van der Waals surface area contributed by atoms with Gasteiger partial charge in [0.15, 0.2) is 0 Å².